The molecule has 1 aliphatic heterocycles. The van der Waals surface area contributed by atoms with E-state index in [4.69, 9.17) is 4.42 Å². The van der Waals surface area contributed by atoms with Crippen LogP contribution in [-0.2, 0) is 16.6 Å². The summed E-state index contributed by atoms with van der Waals surface area (Å²) in [6.07, 6.45) is 3.17. The van der Waals surface area contributed by atoms with Gasteiger partial charge in [0.25, 0.3) is 0 Å². The van der Waals surface area contributed by atoms with Gasteiger partial charge >= 0.3 is 0 Å². The third-order valence-corrected chi connectivity index (χ3v) is 4.52. The zero-order valence-electron chi connectivity index (χ0n) is 10.6. The maximum absolute atomic E-state index is 11.9. The summed E-state index contributed by atoms with van der Waals surface area (Å²) in [5.41, 5.74) is 0. The van der Waals surface area contributed by atoms with E-state index in [0.717, 1.165) is 31.6 Å². The molecular weight excluding hydrogens is 252 g/mol. The molecule has 1 aromatic rings. The second-order valence-corrected chi connectivity index (χ2v) is 6.61. The molecule has 0 aliphatic carbocycles. The highest BCUT2D eigenvalue weighted by atomic mass is 32.2. The summed E-state index contributed by atoms with van der Waals surface area (Å²) in [7, 11) is -3.24. The van der Waals surface area contributed by atoms with E-state index in [1.807, 2.05) is 13.0 Å². The van der Waals surface area contributed by atoms with Crippen molar-refractivity contribution in [1.29, 1.82) is 0 Å². The van der Waals surface area contributed by atoms with Crippen molar-refractivity contribution in [2.24, 2.45) is 0 Å². The average molecular weight is 272 g/mol. The highest BCUT2D eigenvalue weighted by Gasteiger charge is 2.20. The standard InChI is InChI=1S/C12H20N2O3S/c1-10-5-6-12(17-10)8-14-18(15,16)9-11-4-2-3-7-13-11/h5-6,11,13-14H,2-4,7-9H2,1H3. The largest absolute Gasteiger partial charge is 0.465 e. The molecule has 2 N–H and O–H groups in total. The van der Waals surface area contributed by atoms with Crippen LogP contribution < -0.4 is 10.0 Å². The van der Waals surface area contributed by atoms with E-state index in [2.05, 4.69) is 10.0 Å². The van der Waals surface area contributed by atoms with Crippen LogP contribution in [0.3, 0.4) is 0 Å². The summed E-state index contributed by atoms with van der Waals surface area (Å²) < 4.78 is 31.7. The van der Waals surface area contributed by atoms with E-state index in [1.54, 1.807) is 6.07 Å². The molecule has 0 bridgehead atoms. The Bertz CT molecular complexity index is 475. The van der Waals surface area contributed by atoms with Crippen molar-refractivity contribution in [1.82, 2.24) is 10.0 Å². The number of furan rings is 1. The van der Waals surface area contributed by atoms with Crippen molar-refractivity contribution < 1.29 is 12.8 Å². The van der Waals surface area contributed by atoms with Crippen LogP contribution in [-0.4, -0.2) is 26.8 Å². The minimum Gasteiger partial charge on any atom is -0.465 e. The van der Waals surface area contributed by atoms with Gasteiger partial charge in [-0.2, -0.15) is 0 Å². The Labute approximate surface area is 108 Å². The molecule has 1 saturated heterocycles. The zero-order chi connectivity index (χ0) is 13.0. The maximum Gasteiger partial charge on any atom is 0.213 e. The zero-order valence-corrected chi connectivity index (χ0v) is 11.4. The van der Waals surface area contributed by atoms with Crippen molar-refractivity contribution in [3.63, 3.8) is 0 Å². The molecule has 1 fully saturated rings. The first-order chi connectivity index (χ1) is 8.55. The van der Waals surface area contributed by atoms with Gasteiger partial charge in [-0.1, -0.05) is 6.42 Å². The van der Waals surface area contributed by atoms with E-state index in [0.29, 0.717) is 5.76 Å². The van der Waals surface area contributed by atoms with E-state index in [9.17, 15) is 8.42 Å². The molecule has 1 atom stereocenters. The van der Waals surface area contributed by atoms with Gasteiger partial charge in [0.15, 0.2) is 0 Å². The normalized spacial score (nSPS) is 21.1. The SMILES string of the molecule is Cc1ccc(CNS(=O)(=O)CC2CCCCN2)o1. The maximum atomic E-state index is 11.9. The molecule has 2 heterocycles. The molecular formula is C12H20N2O3S. The highest BCUT2D eigenvalue weighted by molar-refractivity contribution is 7.89. The van der Waals surface area contributed by atoms with Crippen LogP contribution in [0.15, 0.2) is 16.5 Å². The summed E-state index contributed by atoms with van der Waals surface area (Å²) in [5, 5.41) is 3.23. The first kappa shape index (κ1) is 13.6. The van der Waals surface area contributed by atoms with Crippen molar-refractivity contribution in [3.8, 4) is 0 Å². The number of aryl methyl sites for hydroxylation is 1. The molecule has 0 amide bonds. The first-order valence-corrected chi connectivity index (χ1v) is 7.96. The molecule has 1 unspecified atom stereocenters. The predicted octanol–water partition coefficient (Wildman–Crippen LogP) is 1.15. The lowest BCUT2D eigenvalue weighted by atomic mass is 10.1. The number of rotatable bonds is 5. The van der Waals surface area contributed by atoms with E-state index in [1.165, 1.54) is 0 Å². The highest BCUT2D eigenvalue weighted by Crippen LogP contribution is 2.10. The Morgan fingerprint density at radius 1 is 1.44 bits per heavy atom. The van der Waals surface area contributed by atoms with Crippen molar-refractivity contribution >= 4 is 10.0 Å². The van der Waals surface area contributed by atoms with E-state index < -0.39 is 10.0 Å². The number of nitrogens with one attached hydrogen (secondary N) is 2. The van der Waals surface area contributed by atoms with E-state index >= 15 is 0 Å². The molecule has 0 spiro atoms. The van der Waals surface area contributed by atoms with Gasteiger partial charge in [0.1, 0.15) is 11.5 Å². The summed E-state index contributed by atoms with van der Waals surface area (Å²) >= 11 is 0. The van der Waals surface area contributed by atoms with Gasteiger partial charge in [-0.15, -0.1) is 0 Å². The monoisotopic (exact) mass is 272 g/mol. The molecule has 102 valence electrons. The molecule has 2 rings (SSSR count). The van der Waals surface area contributed by atoms with Crippen LogP contribution in [0.5, 0.6) is 0 Å². The Morgan fingerprint density at radius 3 is 2.89 bits per heavy atom. The van der Waals surface area contributed by atoms with Crippen LogP contribution in [0.25, 0.3) is 0 Å². The van der Waals surface area contributed by atoms with Gasteiger partial charge < -0.3 is 9.73 Å². The molecule has 0 saturated carbocycles. The molecule has 1 aromatic heterocycles. The van der Waals surface area contributed by atoms with Crippen LogP contribution in [0.4, 0.5) is 0 Å². The minimum atomic E-state index is -3.24. The van der Waals surface area contributed by atoms with Gasteiger partial charge in [-0.25, -0.2) is 13.1 Å². The number of hydrogen-bond acceptors (Lipinski definition) is 4. The van der Waals surface area contributed by atoms with Crippen LogP contribution in [0, 0.1) is 6.92 Å². The summed E-state index contributed by atoms with van der Waals surface area (Å²) in [6, 6.07) is 3.69. The third-order valence-electron chi connectivity index (χ3n) is 3.10. The lowest BCUT2D eigenvalue weighted by Crippen LogP contribution is -2.42. The van der Waals surface area contributed by atoms with Crippen molar-refractivity contribution in [2.75, 3.05) is 12.3 Å². The second-order valence-electron chi connectivity index (χ2n) is 4.76. The van der Waals surface area contributed by atoms with Crippen LogP contribution in [0.2, 0.25) is 0 Å². The van der Waals surface area contributed by atoms with Gasteiger partial charge in [0, 0.05) is 6.04 Å². The van der Waals surface area contributed by atoms with Crippen LogP contribution >= 0.6 is 0 Å². The first-order valence-electron chi connectivity index (χ1n) is 6.31. The van der Waals surface area contributed by atoms with Crippen molar-refractivity contribution in [3.05, 3.63) is 23.7 Å². The quantitative estimate of drug-likeness (QED) is 0.843. The van der Waals surface area contributed by atoms with E-state index in [-0.39, 0.29) is 18.3 Å². The summed E-state index contributed by atoms with van der Waals surface area (Å²) in [5.74, 6) is 1.58. The Kier molecular flexibility index (Phi) is 4.42. The molecule has 5 nitrogen and oxygen atoms in total. The minimum absolute atomic E-state index is 0.0783. The van der Waals surface area contributed by atoms with Gasteiger partial charge in [0.2, 0.25) is 10.0 Å². The average Bonchev–Trinajstić information content (AvgIpc) is 2.74. The summed E-state index contributed by atoms with van der Waals surface area (Å²) in [6.45, 7) is 2.98. The van der Waals surface area contributed by atoms with Crippen LogP contribution in [0.1, 0.15) is 30.8 Å². The fraction of sp³-hybridized carbons (Fsp3) is 0.667. The summed E-state index contributed by atoms with van der Waals surface area (Å²) in [4.78, 5) is 0. The predicted molar refractivity (Wildman–Crippen MR) is 69.7 cm³/mol. The molecule has 0 radical (unpaired) electrons. The molecule has 0 aromatic carbocycles. The van der Waals surface area contributed by atoms with Gasteiger partial charge in [-0.3, -0.25) is 0 Å². The fourth-order valence-corrected chi connectivity index (χ4v) is 3.45. The third kappa shape index (κ3) is 4.12. The molecule has 1 aliphatic rings. The Morgan fingerprint density at radius 2 is 2.28 bits per heavy atom. The fourth-order valence-electron chi connectivity index (χ4n) is 2.15. The molecule has 18 heavy (non-hydrogen) atoms. The lowest BCUT2D eigenvalue weighted by Gasteiger charge is -2.23. The van der Waals surface area contributed by atoms with Crippen molar-refractivity contribution in [2.45, 2.75) is 38.8 Å². The Balaban J connectivity index is 1.83. The topological polar surface area (TPSA) is 71.3 Å². The molecule has 6 heteroatoms. The smallest absolute Gasteiger partial charge is 0.213 e. The van der Waals surface area contributed by atoms with Gasteiger partial charge in [-0.05, 0) is 38.4 Å². The number of hydrogen-bond donors (Lipinski definition) is 2. The second kappa shape index (κ2) is 5.86. The lowest BCUT2D eigenvalue weighted by molar-refractivity contribution is 0.421. The van der Waals surface area contributed by atoms with Gasteiger partial charge in [0.05, 0.1) is 12.3 Å². The Hall–Kier alpha value is -0.850. The number of sulfonamides is 1. The number of piperidine rings is 1.